The molecule has 3 nitrogen and oxygen atoms in total. The Balaban J connectivity index is 0. The molecule has 0 atom stereocenters. The molecule has 0 aliphatic heterocycles. The zero-order valence-electron chi connectivity index (χ0n) is 11.6. The molecule has 0 saturated heterocycles. The Morgan fingerprint density at radius 1 is 0.938 bits per heavy atom. The van der Waals surface area contributed by atoms with E-state index in [-0.39, 0.29) is 5.91 Å². The lowest BCUT2D eigenvalue weighted by atomic mass is 10.1. The van der Waals surface area contributed by atoms with E-state index in [9.17, 15) is 4.79 Å². The van der Waals surface area contributed by atoms with Crippen molar-refractivity contribution in [1.29, 1.82) is 0 Å². The molecule has 3 heteroatoms. The fourth-order valence-corrected chi connectivity index (χ4v) is 1.24. The number of unbranched alkanes of at least 4 members (excludes halogenated alkanes) is 4. The predicted molar refractivity (Wildman–Crippen MR) is 71.7 cm³/mol. The summed E-state index contributed by atoms with van der Waals surface area (Å²) in [6.07, 6.45) is 7.84. The number of carbonyl (C=O) groups is 1. The zero-order valence-corrected chi connectivity index (χ0v) is 11.6. The van der Waals surface area contributed by atoms with Gasteiger partial charge in [-0.3, -0.25) is 4.79 Å². The van der Waals surface area contributed by atoms with Gasteiger partial charge in [-0.1, -0.05) is 39.5 Å². The van der Waals surface area contributed by atoms with Crippen LogP contribution in [0.15, 0.2) is 0 Å². The van der Waals surface area contributed by atoms with Crippen LogP contribution in [0, 0.1) is 0 Å². The average molecular weight is 230 g/mol. The van der Waals surface area contributed by atoms with Gasteiger partial charge >= 0.3 is 0 Å². The van der Waals surface area contributed by atoms with Gasteiger partial charge in [0.2, 0.25) is 5.91 Å². The van der Waals surface area contributed by atoms with Crippen LogP contribution in [0.25, 0.3) is 0 Å². The Hall–Kier alpha value is -0.570. The third-order valence-electron chi connectivity index (χ3n) is 2.08. The Morgan fingerprint density at radius 2 is 1.50 bits per heavy atom. The summed E-state index contributed by atoms with van der Waals surface area (Å²) in [5, 5.41) is 5.63. The fraction of sp³-hybridized carbons (Fsp3) is 0.923. The first-order valence-corrected chi connectivity index (χ1v) is 6.58. The fourth-order valence-electron chi connectivity index (χ4n) is 1.24. The van der Waals surface area contributed by atoms with Gasteiger partial charge in [-0.25, -0.2) is 0 Å². The highest BCUT2D eigenvalue weighted by molar-refractivity contribution is 5.75. The van der Waals surface area contributed by atoms with Gasteiger partial charge in [-0.2, -0.15) is 0 Å². The quantitative estimate of drug-likeness (QED) is 0.630. The predicted octanol–water partition coefficient (Wildman–Crippen LogP) is 2.71. The largest absolute Gasteiger partial charge is 0.356 e. The van der Waals surface area contributed by atoms with Crippen LogP contribution in [0.5, 0.6) is 0 Å². The number of nitrogens with one attached hydrogen (secondary N) is 2. The number of carbonyl (C=O) groups excluding carboxylic acids is 1. The molecule has 0 aromatic rings. The van der Waals surface area contributed by atoms with Gasteiger partial charge in [0.25, 0.3) is 0 Å². The molecule has 0 fully saturated rings. The van der Waals surface area contributed by atoms with Gasteiger partial charge in [0.05, 0.1) is 0 Å². The lowest BCUT2D eigenvalue weighted by Gasteiger charge is -2.02. The summed E-state index contributed by atoms with van der Waals surface area (Å²) in [6.45, 7) is 5.10. The van der Waals surface area contributed by atoms with Crippen molar-refractivity contribution >= 4 is 5.91 Å². The van der Waals surface area contributed by atoms with E-state index in [1.807, 2.05) is 14.1 Å². The number of rotatable bonds is 8. The second-order valence-corrected chi connectivity index (χ2v) is 4.01. The van der Waals surface area contributed by atoms with Crippen LogP contribution < -0.4 is 10.6 Å². The standard InChI is InChI=1S/C11H23NO.C2H7N/c1-3-5-6-7-8-9-11(13)12-10-4-2;1-3-2/h3-10H2,1-2H3,(H,12,13);3H,1-2H3. The molecule has 0 radical (unpaired) electrons. The highest BCUT2D eigenvalue weighted by atomic mass is 16.1. The van der Waals surface area contributed by atoms with Crippen LogP contribution in [0.1, 0.15) is 58.8 Å². The maximum absolute atomic E-state index is 11.1. The number of hydrogen-bond acceptors (Lipinski definition) is 2. The molecule has 0 spiro atoms. The summed E-state index contributed by atoms with van der Waals surface area (Å²) in [7, 11) is 3.75. The molecular weight excluding hydrogens is 200 g/mol. The third-order valence-corrected chi connectivity index (χ3v) is 2.08. The first kappa shape index (κ1) is 17.8. The molecule has 0 saturated carbocycles. The molecule has 0 bridgehead atoms. The van der Waals surface area contributed by atoms with E-state index in [4.69, 9.17) is 0 Å². The molecule has 1 amide bonds. The first-order valence-electron chi connectivity index (χ1n) is 6.58. The van der Waals surface area contributed by atoms with Crippen LogP contribution in [-0.4, -0.2) is 26.5 Å². The Bertz CT molecular complexity index is 138. The lowest BCUT2D eigenvalue weighted by molar-refractivity contribution is -0.121. The summed E-state index contributed by atoms with van der Waals surface area (Å²) < 4.78 is 0. The van der Waals surface area contributed by atoms with Gasteiger partial charge in [0.1, 0.15) is 0 Å². The van der Waals surface area contributed by atoms with E-state index in [1.54, 1.807) is 0 Å². The topological polar surface area (TPSA) is 41.1 Å². The van der Waals surface area contributed by atoms with Crippen molar-refractivity contribution in [2.24, 2.45) is 0 Å². The molecule has 0 aromatic heterocycles. The Kier molecular flexibility index (Phi) is 18.8. The van der Waals surface area contributed by atoms with Crippen molar-refractivity contribution in [3.63, 3.8) is 0 Å². The van der Waals surface area contributed by atoms with Crippen molar-refractivity contribution in [3.05, 3.63) is 0 Å². The summed E-state index contributed by atoms with van der Waals surface area (Å²) >= 11 is 0. The summed E-state index contributed by atoms with van der Waals surface area (Å²) in [5.41, 5.74) is 0. The summed E-state index contributed by atoms with van der Waals surface area (Å²) in [5.74, 6) is 0.221. The molecular formula is C13H30N2O. The maximum atomic E-state index is 11.1. The molecule has 98 valence electrons. The second-order valence-electron chi connectivity index (χ2n) is 4.01. The van der Waals surface area contributed by atoms with Crippen LogP contribution in [0.4, 0.5) is 0 Å². The maximum Gasteiger partial charge on any atom is 0.219 e. The average Bonchev–Trinajstić information content (AvgIpc) is 2.27. The van der Waals surface area contributed by atoms with E-state index in [2.05, 4.69) is 24.5 Å². The molecule has 0 rings (SSSR count). The van der Waals surface area contributed by atoms with Crippen LogP contribution in [0.3, 0.4) is 0 Å². The number of amides is 1. The molecule has 0 heterocycles. The lowest BCUT2D eigenvalue weighted by Crippen LogP contribution is -2.23. The van der Waals surface area contributed by atoms with E-state index >= 15 is 0 Å². The van der Waals surface area contributed by atoms with Crippen LogP contribution >= 0.6 is 0 Å². The normalized spacial score (nSPS) is 9.25. The van der Waals surface area contributed by atoms with E-state index in [1.165, 1.54) is 25.7 Å². The minimum atomic E-state index is 0.221. The highest BCUT2D eigenvalue weighted by Crippen LogP contribution is 2.04. The van der Waals surface area contributed by atoms with E-state index in [0.29, 0.717) is 6.42 Å². The van der Waals surface area contributed by atoms with Gasteiger partial charge in [-0.15, -0.1) is 0 Å². The van der Waals surface area contributed by atoms with Gasteiger partial charge < -0.3 is 10.6 Å². The summed E-state index contributed by atoms with van der Waals surface area (Å²) in [4.78, 5) is 11.1. The molecule has 0 unspecified atom stereocenters. The van der Waals surface area contributed by atoms with Crippen molar-refractivity contribution < 1.29 is 4.79 Å². The first-order chi connectivity index (χ1) is 7.72. The molecule has 2 N–H and O–H groups in total. The minimum absolute atomic E-state index is 0.221. The van der Waals surface area contributed by atoms with Crippen LogP contribution in [-0.2, 0) is 4.79 Å². The Labute approximate surface area is 101 Å². The third kappa shape index (κ3) is 19.1. The van der Waals surface area contributed by atoms with Crippen molar-refractivity contribution in [1.82, 2.24) is 10.6 Å². The van der Waals surface area contributed by atoms with Gasteiger partial charge in [-0.05, 0) is 26.9 Å². The van der Waals surface area contributed by atoms with E-state index < -0.39 is 0 Å². The smallest absolute Gasteiger partial charge is 0.219 e. The van der Waals surface area contributed by atoms with Crippen molar-refractivity contribution in [2.75, 3.05) is 20.6 Å². The van der Waals surface area contributed by atoms with Crippen molar-refractivity contribution in [2.45, 2.75) is 58.8 Å². The molecule has 0 aliphatic carbocycles. The second kappa shape index (κ2) is 16.8. The molecule has 16 heavy (non-hydrogen) atoms. The molecule has 0 aliphatic rings. The zero-order chi connectivity index (χ0) is 12.6. The SMILES string of the molecule is CCCCCCCC(=O)NCCC.CNC. The van der Waals surface area contributed by atoms with Crippen molar-refractivity contribution in [3.8, 4) is 0 Å². The van der Waals surface area contributed by atoms with Gasteiger partial charge in [0, 0.05) is 13.0 Å². The van der Waals surface area contributed by atoms with Crippen LogP contribution in [0.2, 0.25) is 0 Å². The minimum Gasteiger partial charge on any atom is -0.356 e. The monoisotopic (exact) mass is 230 g/mol. The Morgan fingerprint density at radius 3 is 2.00 bits per heavy atom. The number of hydrogen-bond donors (Lipinski definition) is 2. The highest BCUT2D eigenvalue weighted by Gasteiger charge is 1.98. The molecule has 0 aromatic carbocycles. The van der Waals surface area contributed by atoms with Gasteiger partial charge in [0.15, 0.2) is 0 Å². The summed E-state index contributed by atoms with van der Waals surface area (Å²) in [6, 6.07) is 0. The van der Waals surface area contributed by atoms with E-state index in [0.717, 1.165) is 19.4 Å².